The molecule has 3 heterocycles. The van der Waals surface area contributed by atoms with Crippen LogP contribution in [-0.4, -0.2) is 34.8 Å². The number of aryl methyl sites for hydroxylation is 1. The van der Waals surface area contributed by atoms with Crippen LogP contribution in [0.3, 0.4) is 0 Å². The van der Waals surface area contributed by atoms with Gasteiger partial charge in [0.1, 0.15) is 0 Å². The number of nitrogens with zero attached hydrogens (tertiary/aromatic N) is 2. The first-order valence-electron chi connectivity index (χ1n) is 8.69. The zero-order valence-electron chi connectivity index (χ0n) is 14.6. The molecule has 134 valence electrons. The Morgan fingerprint density at radius 1 is 1.19 bits per heavy atom. The second-order valence-corrected chi connectivity index (χ2v) is 7.66. The molecule has 0 aliphatic carbocycles. The molecule has 2 aromatic heterocycles. The lowest BCUT2D eigenvalue weighted by molar-refractivity contribution is 0.0756. The lowest BCUT2D eigenvalue weighted by atomic mass is 10.0. The van der Waals surface area contributed by atoms with Crippen molar-refractivity contribution in [2.45, 2.75) is 18.6 Å². The number of benzene rings is 1. The fourth-order valence-electron chi connectivity index (χ4n) is 3.24. The maximum Gasteiger partial charge on any atom is 0.276 e. The molecule has 1 fully saturated rings. The maximum atomic E-state index is 12.8. The van der Waals surface area contributed by atoms with Crippen LogP contribution in [0.4, 0.5) is 0 Å². The monoisotopic (exact) mass is 368 g/mol. The molecule has 1 amide bonds. The maximum absolute atomic E-state index is 12.8. The normalized spacial score (nSPS) is 17.9. The van der Waals surface area contributed by atoms with Crippen LogP contribution in [0.5, 0.6) is 0 Å². The Kier molecular flexibility index (Phi) is 4.84. The Morgan fingerprint density at radius 3 is 2.88 bits per heavy atom. The Balaban J connectivity index is 1.46. The van der Waals surface area contributed by atoms with E-state index in [9.17, 15) is 4.79 Å². The van der Waals surface area contributed by atoms with Gasteiger partial charge in [-0.05, 0) is 36.6 Å². The van der Waals surface area contributed by atoms with Crippen LogP contribution in [0.2, 0.25) is 0 Å². The van der Waals surface area contributed by atoms with E-state index in [0.29, 0.717) is 29.0 Å². The number of thioether (sulfide) groups is 1. The topological polar surface area (TPSA) is 59.5 Å². The smallest absolute Gasteiger partial charge is 0.276 e. The van der Waals surface area contributed by atoms with Gasteiger partial charge in [-0.3, -0.25) is 4.79 Å². The SMILES string of the molecule is Cc1ccccc1[C@@H]1CCN(C(=O)c2cc(-c3ccco3)on2)CCS1. The molecule has 0 saturated carbocycles. The quantitative estimate of drug-likeness (QED) is 0.678. The zero-order chi connectivity index (χ0) is 17.9. The van der Waals surface area contributed by atoms with Crippen molar-refractivity contribution in [1.29, 1.82) is 0 Å². The largest absolute Gasteiger partial charge is 0.461 e. The summed E-state index contributed by atoms with van der Waals surface area (Å²) in [6.07, 6.45) is 2.50. The molecule has 0 N–H and O–H groups in total. The summed E-state index contributed by atoms with van der Waals surface area (Å²) in [6.45, 7) is 3.58. The van der Waals surface area contributed by atoms with E-state index >= 15 is 0 Å². The highest BCUT2D eigenvalue weighted by molar-refractivity contribution is 7.99. The summed E-state index contributed by atoms with van der Waals surface area (Å²) in [7, 11) is 0. The van der Waals surface area contributed by atoms with E-state index in [2.05, 4.69) is 36.3 Å². The molecule has 1 aliphatic rings. The van der Waals surface area contributed by atoms with Gasteiger partial charge in [0.05, 0.1) is 6.26 Å². The highest BCUT2D eigenvalue weighted by atomic mass is 32.2. The lowest BCUT2D eigenvalue weighted by Gasteiger charge is -2.19. The van der Waals surface area contributed by atoms with E-state index in [1.807, 2.05) is 16.7 Å². The molecule has 26 heavy (non-hydrogen) atoms. The number of amides is 1. The fraction of sp³-hybridized carbons (Fsp3) is 0.300. The molecule has 4 rings (SSSR count). The summed E-state index contributed by atoms with van der Waals surface area (Å²) in [5.74, 6) is 1.87. The highest BCUT2D eigenvalue weighted by Crippen LogP contribution is 2.36. The van der Waals surface area contributed by atoms with Crippen LogP contribution >= 0.6 is 11.8 Å². The fourth-order valence-corrected chi connectivity index (χ4v) is 4.57. The molecule has 3 aromatic rings. The van der Waals surface area contributed by atoms with Gasteiger partial charge in [0.2, 0.25) is 5.76 Å². The second kappa shape index (κ2) is 7.41. The van der Waals surface area contributed by atoms with Crippen molar-refractivity contribution in [3.63, 3.8) is 0 Å². The van der Waals surface area contributed by atoms with Crippen molar-refractivity contribution in [2.75, 3.05) is 18.8 Å². The number of hydrogen-bond donors (Lipinski definition) is 0. The first-order valence-corrected chi connectivity index (χ1v) is 9.74. The van der Waals surface area contributed by atoms with Crippen molar-refractivity contribution in [2.24, 2.45) is 0 Å². The Hall–Kier alpha value is -2.47. The molecule has 0 spiro atoms. The van der Waals surface area contributed by atoms with E-state index in [1.54, 1.807) is 24.5 Å². The summed E-state index contributed by atoms with van der Waals surface area (Å²) >= 11 is 1.92. The molecule has 1 aromatic carbocycles. The van der Waals surface area contributed by atoms with Gasteiger partial charge < -0.3 is 13.8 Å². The van der Waals surface area contributed by atoms with Crippen LogP contribution in [0.25, 0.3) is 11.5 Å². The molecule has 1 aliphatic heterocycles. The number of hydrogen-bond acceptors (Lipinski definition) is 5. The summed E-state index contributed by atoms with van der Waals surface area (Å²) < 4.78 is 10.6. The van der Waals surface area contributed by atoms with Gasteiger partial charge in [-0.2, -0.15) is 11.8 Å². The van der Waals surface area contributed by atoms with E-state index in [-0.39, 0.29) is 5.91 Å². The van der Waals surface area contributed by atoms with Gasteiger partial charge in [-0.15, -0.1) is 0 Å². The highest BCUT2D eigenvalue weighted by Gasteiger charge is 2.26. The van der Waals surface area contributed by atoms with Crippen LogP contribution in [0.1, 0.15) is 33.3 Å². The average molecular weight is 368 g/mol. The standard InChI is InChI=1S/C20H20N2O3S/c1-14-5-2-3-6-15(14)19-8-9-22(10-12-26-19)20(23)16-13-18(25-21-16)17-7-4-11-24-17/h2-7,11,13,19H,8-10,12H2,1H3/t19-/m0/s1. The third-order valence-electron chi connectivity index (χ3n) is 4.66. The first-order chi connectivity index (χ1) is 12.7. The molecular formula is C20H20N2O3S. The second-order valence-electron chi connectivity index (χ2n) is 6.35. The number of carbonyl (C=O) groups is 1. The lowest BCUT2D eigenvalue weighted by Crippen LogP contribution is -2.33. The Morgan fingerprint density at radius 2 is 2.08 bits per heavy atom. The molecule has 0 radical (unpaired) electrons. The van der Waals surface area contributed by atoms with Gasteiger partial charge in [-0.1, -0.05) is 29.4 Å². The van der Waals surface area contributed by atoms with Crippen LogP contribution < -0.4 is 0 Å². The minimum atomic E-state index is -0.0856. The van der Waals surface area contributed by atoms with Crippen LogP contribution in [0.15, 0.2) is 57.7 Å². The molecule has 5 nitrogen and oxygen atoms in total. The van der Waals surface area contributed by atoms with E-state index in [0.717, 1.165) is 18.7 Å². The molecule has 0 bridgehead atoms. The van der Waals surface area contributed by atoms with Crippen LogP contribution in [-0.2, 0) is 0 Å². The van der Waals surface area contributed by atoms with Crippen LogP contribution in [0, 0.1) is 6.92 Å². The van der Waals surface area contributed by atoms with Crippen molar-refractivity contribution in [1.82, 2.24) is 10.1 Å². The molecule has 1 saturated heterocycles. The summed E-state index contributed by atoms with van der Waals surface area (Å²) in [6, 6.07) is 13.7. The summed E-state index contributed by atoms with van der Waals surface area (Å²) in [4.78, 5) is 14.7. The molecule has 0 unspecified atom stereocenters. The average Bonchev–Trinajstić information content (AvgIpc) is 3.29. The Bertz CT molecular complexity index is 888. The van der Waals surface area contributed by atoms with Crippen molar-refractivity contribution < 1.29 is 13.7 Å². The van der Waals surface area contributed by atoms with Gasteiger partial charge in [0.25, 0.3) is 5.91 Å². The molecule has 6 heteroatoms. The minimum absolute atomic E-state index is 0.0856. The third-order valence-corrected chi connectivity index (χ3v) is 5.97. The number of rotatable bonds is 3. The Labute approximate surface area is 156 Å². The van der Waals surface area contributed by atoms with Crippen molar-refractivity contribution >= 4 is 17.7 Å². The van der Waals surface area contributed by atoms with Crippen molar-refractivity contribution in [3.8, 4) is 11.5 Å². The predicted molar refractivity (Wildman–Crippen MR) is 101 cm³/mol. The van der Waals surface area contributed by atoms with Gasteiger partial charge >= 0.3 is 0 Å². The van der Waals surface area contributed by atoms with Gasteiger partial charge in [0, 0.05) is 30.2 Å². The van der Waals surface area contributed by atoms with E-state index in [1.165, 1.54) is 11.1 Å². The number of carbonyl (C=O) groups excluding carboxylic acids is 1. The molecule has 1 atom stereocenters. The van der Waals surface area contributed by atoms with E-state index in [4.69, 9.17) is 8.94 Å². The van der Waals surface area contributed by atoms with Crippen molar-refractivity contribution in [3.05, 3.63) is 65.5 Å². The number of aromatic nitrogens is 1. The zero-order valence-corrected chi connectivity index (χ0v) is 15.4. The van der Waals surface area contributed by atoms with Gasteiger partial charge in [-0.25, -0.2) is 0 Å². The molecular weight excluding hydrogens is 348 g/mol. The minimum Gasteiger partial charge on any atom is -0.461 e. The van der Waals surface area contributed by atoms with E-state index < -0.39 is 0 Å². The summed E-state index contributed by atoms with van der Waals surface area (Å²) in [5.41, 5.74) is 3.01. The van der Waals surface area contributed by atoms with Gasteiger partial charge in [0.15, 0.2) is 11.5 Å². The summed E-state index contributed by atoms with van der Waals surface area (Å²) in [5, 5.41) is 4.36. The first kappa shape index (κ1) is 17.0. The third kappa shape index (κ3) is 3.42. The predicted octanol–water partition coefficient (Wildman–Crippen LogP) is 4.56. The number of furan rings is 1.